The molecule has 0 amide bonds. The SMILES string of the molecule is CCCCOC(=O)C1=C(C)NC2=C(C(=O)CC(C)(C)C2)C1c1ccccc1OC(C)C. The number of nitrogens with one attached hydrogen (secondary N) is 1. The number of hydrogen-bond acceptors (Lipinski definition) is 5. The van der Waals surface area contributed by atoms with Crippen molar-refractivity contribution in [1.29, 1.82) is 0 Å². The molecule has 0 bridgehead atoms. The Hall–Kier alpha value is -2.56. The molecular weight excluding hydrogens is 390 g/mol. The zero-order valence-electron chi connectivity index (χ0n) is 19.6. The summed E-state index contributed by atoms with van der Waals surface area (Å²) in [7, 11) is 0. The third kappa shape index (κ3) is 5.03. The molecule has 1 aromatic carbocycles. The first-order chi connectivity index (χ1) is 14.6. The van der Waals surface area contributed by atoms with E-state index in [0.29, 0.717) is 29.9 Å². The summed E-state index contributed by atoms with van der Waals surface area (Å²) in [5.74, 6) is -0.0917. The van der Waals surface area contributed by atoms with Gasteiger partial charge in [0.2, 0.25) is 0 Å². The van der Waals surface area contributed by atoms with Crippen LogP contribution in [-0.4, -0.2) is 24.5 Å². The van der Waals surface area contributed by atoms with Gasteiger partial charge in [0.1, 0.15) is 5.75 Å². The van der Waals surface area contributed by atoms with Gasteiger partial charge in [0, 0.05) is 29.0 Å². The van der Waals surface area contributed by atoms with E-state index in [2.05, 4.69) is 26.1 Å². The number of benzene rings is 1. The zero-order chi connectivity index (χ0) is 22.8. The monoisotopic (exact) mass is 425 g/mol. The Kier molecular flexibility index (Phi) is 6.93. The first kappa shape index (κ1) is 23.1. The van der Waals surface area contributed by atoms with Gasteiger partial charge in [-0.25, -0.2) is 4.79 Å². The topological polar surface area (TPSA) is 64.6 Å². The molecule has 1 heterocycles. The van der Waals surface area contributed by atoms with Gasteiger partial charge in [-0.3, -0.25) is 4.79 Å². The highest BCUT2D eigenvalue weighted by Crippen LogP contribution is 2.48. The number of allylic oxidation sites excluding steroid dienone is 3. The summed E-state index contributed by atoms with van der Waals surface area (Å²) in [6.45, 7) is 12.5. The Labute approximate surface area is 185 Å². The molecule has 0 spiro atoms. The van der Waals surface area contributed by atoms with Crippen LogP contribution in [-0.2, 0) is 14.3 Å². The van der Waals surface area contributed by atoms with E-state index in [1.54, 1.807) is 0 Å². The maximum atomic E-state index is 13.4. The van der Waals surface area contributed by atoms with Crippen LogP contribution in [0, 0.1) is 5.41 Å². The smallest absolute Gasteiger partial charge is 0.336 e. The summed E-state index contributed by atoms with van der Waals surface area (Å²) in [6.07, 6.45) is 2.94. The molecule has 1 aliphatic heterocycles. The van der Waals surface area contributed by atoms with E-state index in [1.807, 2.05) is 45.0 Å². The molecule has 1 aromatic rings. The summed E-state index contributed by atoms with van der Waals surface area (Å²) in [6, 6.07) is 7.71. The van der Waals surface area contributed by atoms with Crippen LogP contribution in [0.2, 0.25) is 0 Å². The molecule has 0 radical (unpaired) electrons. The Morgan fingerprint density at radius 1 is 1.23 bits per heavy atom. The number of carbonyl (C=O) groups is 2. The van der Waals surface area contributed by atoms with Crippen molar-refractivity contribution >= 4 is 11.8 Å². The number of rotatable bonds is 7. The number of carbonyl (C=O) groups excluding carboxylic acids is 2. The van der Waals surface area contributed by atoms with E-state index in [4.69, 9.17) is 9.47 Å². The molecule has 1 unspecified atom stereocenters. The van der Waals surface area contributed by atoms with E-state index < -0.39 is 5.92 Å². The number of Topliss-reactive ketones (excluding diaryl/α,β-unsaturated/α-hetero) is 1. The van der Waals surface area contributed by atoms with Crippen molar-refractivity contribution in [1.82, 2.24) is 5.32 Å². The predicted octanol–water partition coefficient (Wildman–Crippen LogP) is 5.42. The summed E-state index contributed by atoms with van der Waals surface area (Å²) < 4.78 is 11.7. The van der Waals surface area contributed by atoms with Crippen LogP contribution >= 0.6 is 0 Å². The molecular formula is C26H35NO4. The molecule has 0 fully saturated rings. The van der Waals surface area contributed by atoms with Crippen LogP contribution in [0.1, 0.15) is 78.7 Å². The fraction of sp³-hybridized carbons (Fsp3) is 0.538. The predicted molar refractivity (Wildman–Crippen MR) is 122 cm³/mol. The average Bonchev–Trinajstić information content (AvgIpc) is 2.66. The standard InChI is InChI=1S/C26H35NO4/c1-7-8-13-30-25(29)22-17(4)27-19-14-26(5,6)15-20(28)24(19)23(22)18-11-9-10-12-21(18)31-16(2)3/h9-12,16,23,27H,7-8,13-15H2,1-6H3. The maximum Gasteiger partial charge on any atom is 0.336 e. The number of esters is 1. The third-order valence-corrected chi connectivity index (χ3v) is 5.78. The normalized spacial score (nSPS) is 20.5. The van der Waals surface area contributed by atoms with Gasteiger partial charge in [-0.2, -0.15) is 0 Å². The van der Waals surface area contributed by atoms with Crippen LogP contribution in [0.5, 0.6) is 5.75 Å². The number of hydrogen-bond donors (Lipinski definition) is 1. The Morgan fingerprint density at radius 3 is 2.61 bits per heavy atom. The van der Waals surface area contributed by atoms with Gasteiger partial charge in [-0.1, -0.05) is 45.4 Å². The van der Waals surface area contributed by atoms with Crippen molar-refractivity contribution in [2.45, 2.75) is 79.2 Å². The average molecular weight is 426 g/mol. The highest BCUT2D eigenvalue weighted by atomic mass is 16.5. The van der Waals surface area contributed by atoms with Crippen LogP contribution in [0.4, 0.5) is 0 Å². The van der Waals surface area contributed by atoms with Crippen LogP contribution in [0.3, 0.4) is 0 Å². The highest BCUT2D eigenvalue weighted by Gasteiger charge is 2.44. The number of para-hydroxylation sites is 1. The molecule has 3 rings (SSSR count). The molecule has 5 heteroatoms. The Bertz CT molecular complexity index is 923. The zero-order valence-corrected chi connectivity index (χ0v) is 19.6. The Morgan fingerprint density at radius 2 is 1.94 bits per heavy atom. The second-order valence-electron chi connectivity index (χ2n) is 9.62. The van der Waals surface area contributed by atoms with Gasteiger partial charge in [-0.05, 0) is 45.1 Å². The van der Waals surface area contributed by atoms with Crippen molar-refractivity contribution in [3.63, 3.8) is 0 Å². The molecule has 31 heavy (non-hydrogen) atoms. The van der Waals surface area contributed by atoms with Gasteiger partial charge in [0.25, 0.3) is 0 Å². The van der Waals surface area contributed by atoms with E-state index in [9.17, 15) is 9.59 Å². The minimum Gasteiger partial charge on any atom is -0.491 e. The van der Waals surface area contributed by atoms with Crippen molar-refractivity contribution < 1.29 is 19.1 Å². The number of unbranched alkanes of at least 4 members (excludes halogenated alkanes) is 1. The van der Waals surface area contributed by atoms with E-state index in [-0.39, 0.29) is 23.3 Å². The molecule has 1 N–H and O–H groups in total. The van der Waals surface area contributed by atoms with Gasteiger partial charge in [0.15, 0.2) is 5.78 Å². The second-order valence-corrected chi connectivity index (χ2v) is 9.62. The lowest BCUT2D eigenvalue weighted by Crippen LogP contribution is -2.38. The fourth-order valence-corrected chi connectivity index (χ4v) is 4.48. The van der Waals surface area contributed by atoms with Crippen molar-refractivity contribution in [3.8, 4) is 5.75 Å². The molecule has 2 aliphatic rings. The molecule has 1 atom stereocenters. The van der Waals surface area contributed by atoms with Crippen molar-refractivity contribution in [2.75, 3.05) is 6.61 Å². The number of dihydropyridines is 1. The lowest BCUT2D eigenvalue weighted by atomic mass is 9.68. The first-order valence-corrected chi connectivity index (χ1v) is 11.3. The third-order valence-electron chi connectivity index (χ3n) is 5.78. The van der Waals surface area contributed by atoms with E-state index in [1.165, 1.54) is 0 Å². The summed E-state index contributed by atoms with van der Waals surface area (Å²) in [5.41, 5.74) is 3.54. The van der Waals surface area contributed by atoms with E-state index in [0.717, 1.165) is 36.2 Å². The van der Waals surface area contributed by atoms with Crippen LogP contribution < -0.4 is 10.1 Å². The van der Waals surface area contributed by atoms with Crippen molar-refractivity contribution in [3.05, 3.63) is 52.4 Å². The van der Waals surface area contributed by atoms with Gasteiger partial charge in [-0.15, -0.1) is 0 Å². The van der Waals surface area contributed by atoms with Crippen LogP contribution in [0.15, 0.2) is 46.8 Å². The number of ketones is 1. The fourth-order valence-electron chi connectivity index (χ4n) is 4.48. The largest absolute Gasteiger partial charge is 0.491 e. The molecule has 5 nitrogen and oxygen atoms in total. The molecule has 168 valence electrons. The molecule has 1 aliphatic carbocycles. The quantitative estimate of drug-likeness (QED) is 0.467. The van der Waals surface area contributed by atoms with Gasteiger partial charge < -0.3 is 14.8 Å². The lowest BCUT2D eigenvalue weighted by Gasteiger charge is -2.39. The van der Waals surface area contributed by atoms with Crippen LogP contribution in [0.25, 0.3) is 0 Å². The Balaban J connectivity index is 2.14. The first-order valence-electron chi connectivity index (χ1n) is 11.3. The second kappa shape index (κ2) is 9.29. The van der Waals surface area contributed by atoms with Crippen molar-refractivity contribution in [2.24, 2.45) is 5.41 Å². The summed E-state index contributed by atoms with van der Waals surface area (Å²) in [4.78, 5) is 26.6. The maximum absolute atomic E-state index is 13.4. The lowest BCUT2D eigenvalue weighted by molar-refractivity contribution is -0.139. The minimum atomic E-state index is -0.496. The van der Waals surface area contributed by atoms with Gasteiger partial charge in [0.05, 0.1) is 24.2 Å². The van der Waals surface area contributed by atoms with Gasteiger partial charge >= 0.3 is 5.97 Å². The molecule has 0 saturated carbocycles. The molecule has 0 saturated heterocycles. The highest BCUT2D eigenvalue weighted by molar-refractivity contribution is 6.04. The summed E-state index contributed by atoms with van der Waals surface area (Å²) in [5, 5.41) is 3.38. The number of ether oxygens (including phenoxy) is 2. The summed E-state index contributed by atoms with van der Waals surface area (Å²) >= 11 is 0. The minimum absolute atomic E-state index is 0.0256. The molecule has 0 aromatic heterocycles. The van der Waals surface area contributed by atoms with E-state index >= 15 is 0 Å².